The van der Waals surface area contributed by atoms with Gasteiger partial charge in [-0.15, -0.1) is 0 Å². The first-order chi connectivity index (χ1) is 11.5. The van der Waals surface area contributed by atoms with Crippen LogP contribution in [0.2, 0.25) is 10.0 Å². The van der Waals surface area contributed by atoms with Gasteiger partial charge in [0.2, 0.25) is 0 Å². The van der Waals surface area contributed by atoms with E-state index in [-0.39, 0.29) is 5.56 Å². The van der Waals surface area contributed by atoms with E-state index in [9.17, 15) is 4.79 Å². The van der Waals surface area contributed by atoms with E-state index in [0.717, 1.165) is 6.42 Å². The zero-order valence-corrected chi connectivity index (χ0v) is 14.4. The van der Waals surface area contributed by atoms with Gasteiger partial charge in [-0.3, -0.25) is 5.43 Å². The first-order valence-electron chi connectivity index (χ1n) is 7.25. The molecule has 0 radical (unpaired) electrons. The molecule has 0 amide bonds. The number of hydrogen-bond acceptors (Lipinski definition) is 4. The lowest BCUT2D eigenvalue weighted by molar-refractivity contribution is 0.0697. The highest BCUT2D eigenvalue weighted by Gasteiger charge is 2.09. The molecule has 0 heterocycles. The fraction of sp³-hybridized carbons (Fsp3) is 0.176. The van der Waals surface area contributed by atoms with Crippen LogP contribution in [0.5, 0.6) is 5.75 Å². The smallest absolute Gasteiger partial charge is 0.335 e. The summed E-state index contributed by atoms with van der Waals surface area (Å²) in [6.07, 6.45) is 2.39. The number of carboxylic acids is 1. The van der Waals surface area contributed by atoms with Gasteiger partial charge < -0.3 is 9.84 Å². The third-order valence-electron chi connectivity index (χ3n) is 2.99. The molecule has 0 spiro atoms. The number of carbonyl (C=O) groups is 1. The fourth-order valence-electron chi connectivity index (χ4n) is 1.90. The lowest BCUT2D eigenvalue weighted by Gasteiger charge is -2.09. The quantitative estimate of drug-likeness (QED) is 0.538. The lowest BCUT2D eigenvalue weighted by Crippen LogP contribution is -1.98. The molecule has 0 bridgehead atoms. The number of benzene rings is 2. The van der Waals surface area contributed by atoms with Gasteiger partial charge in [0.05, 0.1) is 34.1 Å². The summed E-state index contributed by atoms with van der Waals surface area (Å²) in [4.78, 5) is 10.9. The van der Waals surface area contributed by atoms with Gasteiger partial charge >= 0.3 is 5.97 Å². The van der Waals surface area contributed by atoms with Crippen molar-refractivity contribution in [3.63, 3.8) is 0 Å². The molecular formula is C17H16Cl2N2O3. The summed E-state index contributed by atoms with van der Waals surface area (Å²) in [7, 11) is 0. The van der Waals surface area contributed by atoms with Crippen molar-refractivity contribution in [1.29, 1.82) is 0 Å². The van der Waals surface area contributed by atoms with Crippen LogP contribution in [0, 0.1) is 0 Å². The van der Waals surface area contributed by atoms with Crippen LogP contribution in [0.3, 0.4) is 0 Å². The summed E-state index contributed by atoms with van der Waals surface area (Å²) in [6.45, 7) is 2.53. The number of aromatic carboxylic acids is 1. The van der Waals surface area contributed by atoms with Crippen molar-refractivity contribution in [2.24, 2.45) is 5.10 Å². The maximum Gasteiger partial charge on any atom is 0.335 e. The Morgan fingerprint density at radius 1 is 1.29 bits per heavy atom. The van der Waals surface area contributed by atoms with Crippen LogP contribution in [0.1, 0.15) is 29.3 Å². The Morgan fingerprint density at radius 3 is 2.62 bits per heavy atom. The first kappa shape index (κ1) is 18.1. The number of halogens is 2. The van der Waals surface area contributed by atoms with Crippen molar-refractivity contribution >= 4 is 41.1 Å². The zero-order chi connectivity index (χ0) is 17.5. The monoisotopic (exact) mass is 366 g/mol. The molecular weight excluding hydrogens is 351 g/mol. The number of nitrogens with zero attached hydrogens (tertiary/aromatic N) is 1. The Hall–Kier alpha value is -2.24. The van der Waals surface area contributed by atoms with E-state index in [1.807, 2.05) is 6.92 Å². The van der Waals surface area contributed by atoms with Crippen LogP contribution < -0.4 is 10.2 Å². The van der Waals surface area contributed by atoms with Crippen LogP contribution >= 0.6 is 23.2 Å². The van der Waals surface area contributed by atoms with Crippen LogP contribution in [-0.2, 0) is 0 Å². The Morgan fingerprint density at radius 2 is 2.00 bits per heavy atom. The van der Waals surface area contributed by atoms with Gasteiger partial charge in [0.1, 0.15) is 0 Å². The van der Waals surface area contributed by atoms with E-state index in [1.54, 1.807) is 24.3 Å². The summed E-state index contributed by atoms with van der Waals surface area (Å²) >= 11 is 12.3. The standard InChI is InChI=1S/C17H16Cl2N2O3/c1-2-6-24-16-14(18)7-11(8-15(16)19)10-20-21-13-5-3-4-12(9-13)17(22)23/h3-5,7-10,21H,2,6H2,1H3,(H,22,23)/b20-10+. The second-order valence-electron chi connectivity index (χ2n) is 4.92. The van der Waals surface area contributed by atoms with E-state index in [4.69, 9.17) is 33.0 Å². The van der Waals surface area contributed by atoms with E-state index >= 15 is 0 Å². The van der Waals surface area contributed by atoms with Gasteiger partial charge in [-0.1, -0.05) is 36.2 Å². The predicted molar refractivity (Wildman–Crippen MR) is 96.9 cm³/mol. The van der Waals surface area contributed by atoms with Crippen LogP contribution in [0.4, 0.5) is 5.69 Å². The predicted octanol–water partition coefficient (Wildman–Crippen LogP) is 4.93. The number of hydrogen-bond donors (Lipinski definition) is 2. The van der Waals surface area contributed by atoms with Gasteiger partial charge in [0, 0.05) is 0 Å². The minimum atomic E-state index is -0.996. The number of hydrazone groups is 1. The van der Waals surface area contributed by atoms with Crippen LogP contribution in [-0.4, -0.2) is 23.9 Å². The highest BCUT2D eigenvalue weighted by atomic mass is 35.5. The highest BCUT2D eigenvalue weighted by Crippen LogP contribution is 2.33. The third-order valence-corrected chi connectivity index (χ3v) is 3.55. The topological polar surface area (TPSA) is 70.9 Å². The minimum absolute atomic E-state index is 0.179. The molecule has 24 heavy (non-hydrogen) atoms. The Kier molecular flexibility index (Phi) is 6.46. The van der Waals surface area contributed by atoms with Crippen molar-refractivity contribution in [3.05, 3.63) is 57.6 Å². The van der Waals surface area contributed by atoms with E-state index in [2.05, 4.69) is 10.5 Å². The summed E-state index contributed by atoms with van der Waals surface area (Å²) in [5.74, 6) is -0.539. The van der Waals surface area contributed by atoms with Gasteiger partial charge in [-0.25, -0.2) is 4.79 Å². The normalized spacial score (nSPS) is 10.8. The average Bonchev–Trinajstić information content (AvgIpc) is 2.54. The SMILES string of the molecule is CCCOc1c(Cl)cc(/C=N/Nc2cccc(C(=O)O)c2)cc1Cl. The van der Waals surface area contributed by atoms with E-state index in [0.29, 0.717) is 33.7 Å². The zero-order valence-electron chi connectivity index (χ0n) is 12.9. The Bertz CT molecular complexity index is 740. The molecule has 0 atom stereocenters. The highest BCUT2D eigenvalue weighted by molar-refractivity contribution is 6.37. The molecule has 0 unspecified atom stereocenters. The number of anilines is 1. The average molecular weight is 367 g/mol. The molecule has 2 N–H and O–H groups in total. The van der Waals surface area contributed by atoms with Gasteiger partial charge in [-0.05, 0) is 42.3 Å². The molecule has 0 aliphatic heterocycles. The van der Waals surface area contributed by atoms with Crippen molar-refractivity contribution < 1.29 is 14.6 Å². The summed E-state index contributed by atoms with van der Waals surface area (Å²) in [5, 5.41) is 13.8. The molecule has 126 valence electrons. The molecule has 0 aliphatic rings. The summed E-state index contributed by atoms with van der Waals surface area (Å²) < 4.78 is 5.50. The van der Waals surface area contributed by atoms with Crippen molar-refractivity contribution in [3.8, 4) is 5.75 Å². The van der Waals surface area contributed by atoms with Crippen molar-refractivity contribution in [1.82, 2.24) is 0 Å². The van der Waals surface area contributed by atoms with Gasteiger partial charge in [-0.2, -0.15) is 5.10 Å². The van der Waals surface area contributed by atoms with Crippen molar-refractivity contribution in [2.45, 2.75) is 13.3 Å². The van der Waals surface area contributed by atoms with E-state index < -0.39 is 5.97 Å². The minimum Gasteiger partial charge on any atom is -0.490 e. The molecule has 2 aromatic carbocycles. The first-order valence-corrected chi connectivity index (χ1v) is 8.01. The Balaban J connectivity index is 2.09. The second kappa shape index (κ2) is 8.57. The summed E-state index contributed by atoms with van der Waals surface area (Å²) in [5.41, 5.74) is 4.20. The molecule has 0 aliphatic carbocycles. The Labute approximate surface area is 149 Å². The largest absolute Gasteiger partial charge is 0.490 e. The fourth-order valence-corrected chi connectivity index (χ4v) is 2.51. The second-order valence-corrected chi connectivity index (χ2v) is 5.73. The number of carboxylic acid groups (broad SMARTS) is 1. The number of rotatable bonds is 7. The number of ether oxygens (including phenoxy) is 1. The molecule has 0 aromatic heterocycles. The maximum atomic E-state index is 10.9. The molecule has 2 rings (SSSR count). The number of nitrogens with one attached hydrogen (secondary N) is 1. The van der Waals surface area contributed by atoms with Crippen molar-refractivity contribution in [2.75, 3.05) is 12.0 Å². The van der Waals surface area contributed by atoms with Crippen LogP contribution in [0.25, 0.3) is 0 Å². The third kappa shape index (κ3) is 4.88. The summed E-state index contributed by atoms with van der Waals surface area (Å²) in [6, 6.07) is 9.72. The molecule has 2 aromatic rings. The van der Waals surface area contributed by atoms with E-state index in [1.165, 1.54) is 18.3 Å². The lowest BCUT2D eigenvalue weighted by atomic mass is 10.2. The molecule has 7 heteroatoms. The van der Waals surface area contributed by atoms with Gasteiger partial charge in [0.25, 0.3) is 0 Å². The molecule has 0 saturated carbocycles. The molecule has 0 fully saturated rings. The molecule has 0 saturated heterocycles. The molecule has 5 nitrogen and oxygen atoms in total. The van der Waals surface area contributed by atoms with Gasteiger partial charge in [0.15, 0.2) is 5.75 Å². The van der Waals surface area contributed by atoms with Crippen LogP contribution in [0.15, 0.2) is 41.5 Å². The maximum absolute atomic E-state index is 10.9.